The molecule has 4 nitrogen and oxygen atoms in total. The Balaban J connectivity index is 0.921. The molecule has 0 saturated heterocycles. The van der Waals surface area contributed by atoms with Crippen molar-refractivity contribution >= 4 is 0 Å². The normalized spacial score (nSPS) is 10.9. The van der Waals surface area contributed by atoms with E-state index in [1.54, 1.807) is 0 Å². The van der Waals surface area contributed by atoms with Gasteiger partial charge < -0.3 is 0 Å². The fourth-order valence-electron chi connectivity index (χ4n) is 5.85. The van der Waals surface area contributed by atoms with Crippen LogP contribution in [0.5, 0.6) is 0 Å². The van der Waals surface area contributed by atoms with Crippen molar-refractivity contribution in [3.05, 3.63) is 183 Å². The lowest BCUT2D eigenvalue weighted by Crippen LogP contribution is -1.91. The van der Waals surface area contributed by atoms with Gasteiger partial charge in [-0.25, -0.2) is 19.9 Å². The second kappa shape index (κ2) is 13.1. The molecule has 0 saturated carbocycles. The van der Waals surface area contributed by atoms with Gasteiger partial charge in [0.2, 0.25) is 0 Å². The predicted molar refractivity (Wildman–Crippen MR) is 196 cm³/mol. The van der Waals surface area contributed by atoms with Crippen molar-refractivity contribution in [1.82, 2.24) is 19.9 Å². The number of benzene rings is 6. The first-order chi connectivity index (χ1) is 23.8. The number of rotatable bonds is 7. The summed E-state index contributed by atoms with van der Waals surface area (Å²) in [5.41, 5.74) is 13.2. The van der Waals surface area contributed by atoms with E-state index in [0.717, 1.165) is 44.5 Å². The van der Waals surface area contributed by atoms with E-state index in [1.165, 1.54) is 22.3 Å². The lowest BCUT2D eigenvalue weighted by atomic mass is 10.0. The van der Waals surface area contributed by atoms with Crippen molar-refractivity contribution < 1.29 is 0 Å². The monoisotopic (exact) mass is 614 g/mol. The number of aromatic nitrogens is 4. The summed E-state index contributed by atoms with van der Waals surface area (Å²) in [7, 11) is 0. The number of nitrogens with zero attached hydrogens (tertiary/aromatic N) is 4. The summed E-state index contributed by atoms with van der Waals surface area (Å²) in [6.07, 6.45) is 7.57. The molecule has 0 aliphatic rings. The van der Waals surface area contributed by atoms with Crippen LogP contribution in [-0.4, -0.2) is 19.9 Å². The van der Waals surface area contributed by atoms with E-state index in [2.05, 4.69) is 166 Å². The smallest absolute Gasteiger partial charge is 0.159 e. The van der Waals surface area contributed by atoms with Crippen molar-refractivity contribution in [3.63, 3.8) is 0 Å². The molecule has 0 aliphatic carbocycles. The average molecular weight is 615 g/mol. The van der Waals surface area contributed by atoms with Gasteiger partial charge in [0.05, 0.1) is 0 Å². The van der Waals surface area contributed by atoms with Gasteiger partial charge in [0.25, 0.3) is 0 Å². The Morgan fingerprint density at radius 1 is 0.188 bits per heavy atom. The summed E-state index contributed by atoms with van der Waals surface area (Å²) >= 11 is 0. The van der Waals surface area contributed by atoms with Gasteiger partial charge in [0.15, 0.2) is 11.6 Å². The minimum absolute atomic E-state index is 0.703. The maximum atomic E-state index is 4.67. The molecule has 0 aliphatic heterocycles. The number of hydrogen-bond acceptors (Lipinski definition) is 4. The summed E-state index contributed by atoms with van der Waals surface area (Å²) in [4.78, 5) is 18.7. The van der Waals surface area contributed by atoms with E-state index in [9.17, 15) is 0 Å². The molecule has 4 heteroatoms. The van der Waals surface area contributed by atoms with Gasteiger partial charge in [-0.2, -0.15) is 0 Å². The summed E-state index contributed by atoms with van der Waals surface area (Å²) in [5.74, 6) is 1.41. The van der Waals surface area contributed by atoms with Gasteiger partial charge in [-0.1, -0.05) is 158 Å². The zero-order chi connectivity index (χ0) is 32.1. The predicted octanol–water partition coefficient (Wildman–Crippen LogP) is 10.9. The zero-order valence-corrected chi connectivity index (χ0v) is 26.1. The first kappa shape index (κ1) is 28.9. The molecule has 8 rings (SSSR count). The Bertz CT molecular complexity index is 2080. The van der Waals surface area contributed by atoms with E-state index < -0.39 is 0 Å². The van der Waals surface area contributed by atoms with Gasteiger partial charge in [0, 0.05) is 47.0 Å². The van der Waals surface area contributed by atoms with Crippen LogP contribution in [0.4, 0.5) is 0 Å². The third-order valence-electron chi connectivity index (χ3n) is 8.57. The van der Waals surface area contributed by atoms with Gasteiger partial charge in [-0.15, -0.1) is 0 Å². The van der Waals surface area contributed by atoms with Crippen LogP contribution >= 0.6 is 0 Å². The molecule has 0 fully saturated rings. The summed E-state index contributed by atoms with van der Waals surface area (Å²) in [5, 5.41) is 0. The van der Waals surface area contributed by atoms with Crippen LogP contribution in [0.25, 0.3) is 78.4 Å². The van der Waals surface area contributed by atoms with Crippen LogP contribution in [0.15, 0.2) is 183 Å². The molecule has 0 spiro atoms. The Labute approximate surface area is 280 Å². The molecule has 0 amide bonds. The van der Waals surface area contributed by atoms with Crippen LogP contribution in [0.1, 0.15) is 0 Å². The molecule has 0 atom stereocenters. The van der Waals surface area contributed by atoms with Crippen molar-refractivity contribution in [1.29, 1.82) is 0 Å². The lowest BCUT2D eigenvalue weighted by Gasteiger charge is -2.08. The molecular weight excluding hydrogens is 585 g/mol. The maximum absolute atomic E-state index is 4.67. The van der Waals surface area contributed by atoms with Crippen LogP contribution < -0.4 is 0 Å². The van der Waals surface area contributed by atoms with Crippen molar-refractivity contribution in [2.24, 2.45) is 0 Å². The molecule has 226 valence electrons. The highest BCUT2D eigenvalue weighted by Gasteiger charge is 2.08. The highest BCUT2D eigenvalue weighted by atomic mass is 14.9. The molecule has 2 heterocycles. The SMILES string of the molecule is c1ccc(-c2ccc(-c3cnc(-c4ccc(-c5ccc(-c6ncc(-c7ccc(-c8ccccc8)cc7)cn6)cc5)cc4)nc3)cc2)cc1. The fourth-order valence-corrected chi connectivity index (χ4v) is 5.85. The Hall–Kier alpha value is -6.52. The highest BCUT2D eigenvalue weighted by Crippen LogP contribution is 2.29. The van der Waals surface area contributed by atoms with Gasteiger partial charge in [0.1, 0.15) is 0 Å². The van der Waals surface area contributed by atoms with Crippen LogP contribution in [0.3, 0.4) is 0 Å². The first-order valence-electron chi connectivity index (χ1n) is 15.9. The summed E-state index contributed by atoms with van der Waals surface area (Å²) in [6, 6.07) is 54.5. The van der Waals surface area contributed by atoms with E-state index >= 15 is 0 Å². The average Bonchev–Trinajstić information content (AvgIpc) is 3.19. The molecule has 0 N–H and O–H groups in total. The molecule has 6 aromatic carbocycles. The molecule has 48 heavy (non-hydrogen) atoms. The van der Waals surface area contributed by atoms with E-state index in [-0.39, 0.29) is 0 Å². The Morgan fingerprint density at radius 2 is 0.396 bits per heavy atom. The minimum atomic E-state index is 0.703. The first-order valence-corrected chi connectivity index (χ1v) is 15.9. The van der Waals surface area contributed by atoms with Crippen LogP contribution in [0.2, 0.25) is 0 Å². The topological polar surface area (TPSA) is 51.6 Å². The maximum Gasteiger partial charge on any atom is 0.159 e. The largest absolute Gasteiger partial charge is 0.236 e. The quantitative estimate of drug-likeness (QED) is 0.179. The third kappa shape index (κ3) is 6.15. The van der Waals surface area contributed by atoms with E-state index in [1.807, 2.05) is 36.9 Å². The zero-order valence-electron chi connectivity index (χ0n) is 26.1. The van der Waals surface area contributed by atoms with Gasteiger partial charge >= 0.3 is 0 Å². The Morgan fingerprint density at radius 3 is 0.667 bits per heavy atom. The second-order valence-corrected chi connectivity index (χ2v) is 11.6. The van der Waals surface area contributed by atoms with Crippen molar-refractivity contribution in [2.45, 2.75) is 0 Å². The van der Waals surface area contributed by atoms with Gasteiger partial charge in [-0.05, 0) is 44.5 Å². The van der Waals surface area contributed by atoms with E-state index in [0.29, 0.717) is 11.6 Å². The number of hydrogen-bond donors (Lipinski definition) is 0. The van der Waals surface area contributed by atoms with Crippen LogP contribution in [0, 0.1) is 0 Å². The minimum Gasteiger partial charge on any atom is -0.236 e. The van der Waals surface area contributed by atoms with Crippen molar-refractivity contribution in [2.75, 3.05) is 0 Å². The summed E-state index contributed by atoms with van der Waals surface area (Å²) in [6.45, 7) is 0. The van der Waals surface area contributed by atoms with Crippen LogP contribution in [-0.2, 0) is 0 Å². The molecule has 0 bridgehead atoms. The van der Waals surface area contributed by atoms with Crippen molar-refractivity contribution in [3.8, 4) is 78.4 Å². The Kier molecular flexibility index (Phi) is 7.87. The highest BCUT2D eigenvalue weighted by molar-refractivity contribution is 5.73. The molecule has 0 radical (unpaired) electrons. The third-order valence-corrected chi connectivity index (χ3v) is 8.57. The summed E-state index contributed by atoms with van der Waals surface area (Å²) < 4.78 is 0. The van der Waals surface area contributed by atoms with E-state index in [4.69, 9.17) is 0 Å². The fraction of sp³-hybridized carbons (Fsp3) is 0. The standard InChI is InChI=1S/C44H30N4/c1-3-7-31(8-4-1)33-11-15-37(16-12-33)41-27-45-43(46-28-41)39-23-19-35(20-24-39)36-21-25-40(26-22-36)44-47-29-42(30-48-44)38-17-13-34(14-18-38)32-9-5-2-6-10-32/h1-30H. The molecular formula is C44H30N4. The molecule has 0 unspecified atom stereocenters. The lowest BCUT2D eigenvalue weighted by molar-refractivity contribution is 1.18. The molecule has 8 aromatic rings. The van der Waals surface area contributed by atoms with Gasteiger partial charge in [-0.3, -0.25) is 0 Å². The second-order valence-electron chi connectivity index (χ2n) is 11.6. The molecule has 2 aromatic heterocycles.